The van der Waals surface area contributed by atoms with Gasteiger partial charge in [-0.3, -0.25) is 0 Å². The molecule has 4 nitrogen and oxygen atoms in total. The molecule has 1 aliphatic heterocycles. The fraction of sp³-hybridized carbons (Fsp3) is 0.500. The predicted molar refractivity (Wildman–Crippen MR) is 118 cm³/mol. The van der Waals surface area contributed by atoms with Gasteiger partial charge in [-0.1, -0.05) is 20.8 Å². The Hall–Kier alpha value is -2.32. The van der Waals surface area contributed by atoms with Crippen LogP contribution in [0.2, 0.25) is 0 Å². The van der Waals surface area contributed by atoms with Gasteiger partial charge in [0.2, 0.25) is 0 Å². The highest BCUT2D eigenvalue weighted by Gasteiger charge is 2.34. The molecular weight excluding hydrogens is 380 g/mol. The molecule has 4 rings (SSSR count). The molecule has 1 fully saturated rings. The van der Waals surface area contributed by atoms with Crippen LogP contribution >= 0.6 is 11.3 Å². The number of rotatable bonds is 3. The summed E-state index contributed by atoms with van der Waals surface area (Å²) in [5, 5.41) is 19.6. The van der Waals surface area contributed by atoms with E-state index >= 15 is 0 Å². The second-order valence-electron chi connectivity index (χ2n) is 9.37. The molecule has 0 unspecified atom stereocenters. The molecule has 2 aromatic rings. The molecule has 0 atom stereocenters. The molecule has 1 aromatic heterocycles. The average Bonchev–Trinajstić information content (AvgIpc) is 3.05. The fourth-order valence-electron chi connectivity index (χ4n) is 4.65. The summed E-state index contributed by atoms with van der Waals surface area (Å²) < 4.78 is 0. The Morgan fingerprint density at radius 1 is 1.31 bits per heavy atom. The van der Waals surface area contributed by atoms with Crippen LogP contribution in [-0.4, -0.2) is 24.2 Å². The van der Waals surface area contributed by atoms with Crippen LogP contribution in [0.1, 0.15) is 66.4 Å². The summed E-state index contributed by atoms with van der Waals surface area (Å²) >= 11 is 1.63. The van der Waals surface area contributed by atoms with E-state index in [1.165, 1.54) is 4.88 Å². The van der Waals surface area contributed by atoms with Gasteiger partial charge in [-0.15, -0.1) is 11.3 Å². The van der Waals surface area contributed by atoms with Crippen LogP contribution in [0.5, 0.6) is 0 Å². The molecule has 1 N–H and O–H groups in total. The van der Waals surface area contributed by atoms with E-state index in [1.807, 2.05) is 18.2 Å². The number of thiophene rings is 1. The molecule has 2 aliphatic rings. The largest absolute Gasteiger partial charge is 0.478 e. The van der Waals surface area contributed by atoms with Crippen molar-refractivity contribution in [1.82, 2.24) is 0 Å². The van der Waals surface area contributed by atoms with E-state index in [9.17, 15) is 15.2 Å². The van der Waals surface area contributed by atoms with Gasteiger partial charge in [0.25, 0.3) is 0 Å². The van der Waals surface area contributed by atoms with Crippen molar-refractivity contribution in [2.24, 2.45) is 11.3 Å². The van der Waals surface area contributed by atoms with E-state index in [0.29, 0.717) is 11.1 Å². The van der Waals surface area contributed by atoms with Gasteiger partial charge in [0.1, 0.15) is 0 Å². The minimum absolute atomic E-state index is 0.121. The van der Waals surface area contributed by atoms with Crippen molar-refractivity contribution in [3.8, 4) is 16.5 Å². The van der Waals surface area contributed by atoms with Crippen molar-refractivity contribution in [1.29, 1.82) is 5.26 Å². The molecule has 1 aliphatic carbocycles. The Balaban J connectivity index is 1.87. The Bertz CT molecular complexity index is 991. The van der Waals surface area contributed by atoms with Crippen molar-refractivity contribution in [3.05, 3.63) is 39.8 Å². The summed E-state index contributed by atoms with van der Waals surface area (Å²) in [6, 6.07) is 7.99. The zero-order chi connectivity index (χ0) is 20.8. The lowest BCUT2D eigenvalue weighted by Gasteiger charge is -2.33. The lowest BCUT2D eigenvalue weighted by atomic mass is 9.76. The summed E-state index contributed by atoms with van der Waals surface area (Å²) in [6.07, 6.45) is 5.09. The maximum absolute atomic E-state index is 12.4. The van der Waals surface area contributed by atoms with Crippen molar-refractivity contribution in [2.45, 2.75) is 52.9 Å². The lowest BCUT2D eigenvalue weighted by Crippen LogP contribution is -2.33. The van der Waals surface area contributed by atoms with Gasteiger partial charge in [-0.2, -0.15) is 5.26 Å². The number of hydrogen-bond acceptors (Lipinski definition) is 4. The van der Waals surface area contributed by atoms with Crippen LogP contribution < -0.4 is 4.90 Å². The number of carbonyl (C=O) groups is 1. The lowest BCUT2D eigenvalue weighted by molar-refractivity contribution is 0.0696. The molecule has 0 spiro atoms. The molecule has 5 heteroatoms. The standard InChI is InChI=1S/C24H28N2O2S/c1-15-7-10-26(11-8-15)19-5-4-16(14-25)12-17(19)22-21(23(27)28)18-13-24(2,3)9-6-20(18)29-22/h4-5,12,15H,6-11,13H2,1-3H3,(H,27,28). The Morgan fingerprint density at radius 2 is 2.03 bits per heavy atom. The van der Waals surface area contributed by atoms with Crippen molar-refractivity contribution in [2.75, 3.05) is 18.0 Å². The average molecular weight is 409 g/mol. The van der Waals surface area contributed by atoms with E-state index in [-0.39, 0.29) is 5.41 Å². The van der Waals surface area contributed by atoms with E-state index in [1.54, 1.807) is 11.3 Å². The van der Waals surface area contributed by atoms with E-state index < -0.39 is 5.97 Å². The Labute approximate surface area is 176 Å². The molecule has 29 heavy (non-hydrogen) atoms. The van der Waals surface area contributed by atoms with Crippen LogP contribution in [0.25, 0.3) is 10.4 Å². The number of carboxylic acids is 1. The van der Waals surface area contributed by atoms with Crippen LogP contribution in [-0.2, 0) is 12.8 Å². The third kappa shape index (κ3) is 3.79. The highest BCUT2D eigenvalue weighted by atomic mass is 32.1. The number of hydrogen-bond donors (Lipinski definition) is 1. The van der Waals surface area contributed by atoms with Gasteiger partial charge < -0.3 is 10.0 Å². The third-order valence-electron chi connectivity index (χ3n) is 6.48. The number of aryl methyl sites for hydroxylation is 1. The molecule has 1 saturated heterocycles. The van der Waals surface area contributed by atoms with Crippen molar-refractivity contribution in [3.63, 3.8) is 0 Å². The highest BCUT2D eigenvalue weighted by molar-refractivity contribution is 7.16. The number of piperidine rings is 1. The number of fused-ring (bicyclic) bond motifs is 1. The summed E-state index contributed by atoms with van der Waals surface area (Å²) in [6.45, 7) is 8.67. The minimum Gasteiger partial charge on any atom is -0.478 e. The smallest absolute Gasteiger partial charge is 0.337 e. The van der Waals surface area contributed by atoms with Crippen LogP contribution in [0, 0.1) is 22.7 Å². The van der Waals surface area contributed by atoms with Crippen LogP contribution in [0.3, 0.4) is 0 Å². The monoisotopic (exact) mass is 408 g/mol. The van der Waals surface area contributed by atoms with Gasteiger partial charge >= 0.3 is 5.97 Å². The first-order valence-corrected chi connectivity index (χ1v) is 11.3. The van der Waals surface area contributed by atoms with E-state index in [4.69, 9.17) is 0 Å². The first kappa shape index (κ1) is 20.0. The highest BCUT2D eigenvalue weighted by Crippen LogP contribution is 2.47. The normalized spacial score (nSPS) is 18.9. The number of anilines is 1. The molecule has 0 radical (unpaired) electrons. The van der Waals surface area contributed by atoms with Crippen LogP contribution in [0.4, 0.5) is 5.69 Å². The summed E-state index contributed by atoms with van der Waals surface area (Å²) in [4.78, 5) is 16.7. The quantitative estimate of drug-likeness (QED) is 0.704. The summed E-state index contributed by atoms with van der Waals surface area (Å²) in [5.41, 5.74) is 4.14. The Kier molecular flexibility index (Phi) is 5.16. The summed E-state index contributed by atoms with van der Waals surface area (Å²) in [5.74, 6) is -0.130. The van der Waals surface area contributed by atoms with Crippen molar-refractivity contribution >= 4 is 23.0 Å². The first-order valence-electron chi connectivity index (χ1n) is 10.5. The SMILES string of the molecule is CC1CCN(c2ccc(C#N)cc2-c2sc3c(c2C(=O)O)CC(C)(C)CC3)CC1. The van der Waals surface area contributed by atoms with E-state index in [0.717, 1.165) is 72.8 Å². The molecule has 2 heterocycles. The molecular formula is C24H28N2O2S. The fourth-order valence-corrected chi connectivity index (χ4v) is 5.98. The molecule has 0 saturated carbocycles. The molecule has 0 amide bonds. The van der Waals surface area contributed by atoms with Crippen molar-refractivity contribution < 1.29 is 9.90 Å². The molecule has 0 bridgehead atoms. The summed E-state index contributed by atoms with van der Waals surface area (Å²) in [7, 11) is 0. The van der Waals surface area contributed by atoms with Gasteiger partial charge in [0.15, 0.2) is 0 Å². The zero-order valence-corrected chi connectivity index (χ0v) is 18.2. The number of aromatic carboxylic acids is 1. The second-order valence-corrected chi connectivity index (χ2v) is 10.5. The number of carboxylic acid groups (broad SMARTS) is 1. The minimum atomic E-state index is -0.851. The van der Waals surface area contributed by atoms with Crippen LogP contribution in [0.15, 0.2) is 18.2 Å². The first-order chi connectivity index (χ1) is 13.8. The molecule has 1 aromatic carbocycles. The van der Waals surface area contributed by atoms with Gasteiger partial charge in [0.05, 0.1) is 22.1 Å². The second kappa shape index (κ2) is 7.50. The number of benzene rings is 1. The van der Waals surface area contributed by atoms with Gasteiger partial charge in [-0.05, 0) is 67.2 Å². The number of nitriles is 1. The number of nitrogens with zero attached hydrogens (tertiary/aromatic N) is 2. The molecule has 152 valence electrons. The predicted octanol–water partition coefficient (Wildman–Crippen LogP) is 5.74. The maximum Gasteiger partial charge on any atom is 0.337 e. The van der Waals surface area contributed by atoms with E-state index in [2.05, 4.69) is 31.7 Å². The van der Waals surface area contributed by atoms with Gasteiger partial charge in [-0.25, -0.2) is 4.79 Å². The topological polar surface area (TPSA) is 64.3 Å². The Morgan fingerprint density at radius 3 is 2.69 bits per heavy atom. The zero-order valence-electron chi connectivity index (χ0n) is 17.4. The van der Waals surface area contributed by atoms with Gasteiger partial charge in [0, 0.05) is 29.2 Å². The third-order valence-corrected chi connectivity index (χ3v) is 7.81. The maximum atomic E-state index is 12.4.